The van der Waals surface area contributed by atoms with Crippen LogP contribution in [-0.4, -0.2) is 19.1 Å². The van der Waals surface area contributed by atoms with Crippen molar-refractivity contribution in [1.29, 1.82) is 0 Å². The lowest BCUT2D eigenvalue weighted by atomic mass is 10.4. The summed E-state index contributed by atoms with van der Waals surface area (Å²) < 4.78 is 0. The molecule has 0 aromatic heterocycles. The Kier molecular flexibility index (Phi) is 2.05. The van der Waals surface area contributed by atoms with Gasteiger partial charge in [-0.2, -0.15) is 0 Å². The zero-order valence-corrected chi connectivity index (χ0v) is 5.22. The maximum Gasteiger partial charge on any atom is 0.223 e. The molecule has 0 bridgehead atoms. The molecule has 9 heavy (non-hydrogen) atoms. The van der Waals surface area contributed by atoms with Crippen LogP contribution in [0.25, 0.3) is 0 Å². The van der Waals surface area contributed by atoms with Crippen molar-refractivity contribution in [2.24, 2.45) is 5.92 Å². The minimum atomic E-state index is -0.210. The Balaban J connectivity index is 2.03. The molecule has 0 aromatic carbocycles. The standard InChI is InChI=1S/C6H10NO2/c8-4-3-7-6(9)5-1-2-5/h5H,1-4H2,(H,7,9). The largest absolute Gasteiger partial charge is 0.353 e. The molecule has 0 atom stereocenters. The Morgan fingerprint density at radius 1 is 1.56 bits per heavy atom. The molecule has 0 unspecified atom stereocenters. The third-order valence-electron chi connectivity index (χ3n) is 1.35. The lowest BCUT2D eigenvalue weighted by Gasteiger charge is -1.97. The first-order chi connectivity index (χ1) is 4.34. The number of carbonyl (C=O) groups is 1. The molecule has 1 fully saturated rings. The molecule has 0 spiro atoms. The summed E-state index contributed by atoms with van der Waals surface area (Å²) in [6.45, 7) is 0.0772. The predicted molar refractivity (Wildman–Crippen MR) is 31.3 cm³/mol. The molecule has 1 saturated carbocycles. The van der Waals surface area contributed by atoms with Gasteiger partial charge >= 0.3 is 0 Å². The van der Waals surface area contributed by atoms with Gasteiger partial charge in [-0.05, 0) is 12.8 Å². The highest BCUT2D eigenvalue weighted by atomic mass is 16.3. The van der Waals surface area contributed by atoms with Crippen LogP contribution in [0.3, 0.4) is 0 Å². The molecule has 1 radical (unpaired) electrons. The molecule has 51 valence electrons. The minimum absolute atomic E-state index is 0.0610. The van der Waals surface area contributed by atoms with E-state index in [1.807, 2.05) is 0 Å². The average Bonchev–Trinajstić information content (AvgIpc) is 2.63. The van der Waals surface area contributed by atoms with E-state index in [1.54, 1.807) is 0 Å². The molecule has 0 aromatic rings. The number of carbonyl (C=O) groups excluding carboxylic acids is 1. The van der Waals surface area contributed by atoms with Crippen LogP contribution in [0.4, 0.5) is 0 Å². The number of hydrogen-bond acceptors (Lipinski definition) is 1. The van der Waals surface area contributed by atoms with E-state index in [0.717, 1.165) is 12.8 Å². The first-order valence-electron chi connectivity index (χ1n) is 3.20. The van der Waals surface area contributed by atoms with Gasteiger partial charge in [0.25, 0.3) is 0 Å². The quantitative estimate of drug-likeness (QED) is 0.569. The van der Waals surface area contributed by atoms with Crippen LogP contribution in [0.15, 0.2) is 0 Å². The van der Waals surface area contributed by atoms with Crippen LogP contribution in [-0.2, 0) is 9.90 Å². The summed E-state index contributed by atoms with van der Waals surface area (Å²) in [4.78, 5) is 10.7. The molecule has 0 heterocycles. The van der Waals surface area contributed by atoms with Gasteiger partial charge in [-0.1, -0.05) is 0 Å². The van der Waals surface area contributed by atoms with Gasteiger partial charge in [0.2, 0.25) is 5.91 Å². The first kappa shape index (κ1) is 6.55. The lowest BCUT2D eigenvalue weighted by molar-refractivity contribution is -0.122. The molecule has 3 heteroatoms. The van der Waals surface area contributed by atoms with E-state index in [2.05, 4.69) is 5.32 Å². The maximum absolute atomic E-state index is 10.7. The number of rotatable bonds is 3. The number of amides is 1. The number of hydrogen-bond donors (Lipinski definition) is 1. The molecule has 3 nitrogen and oxygen atoms in total. The summed E-state index contributed by atoms with van der Waals surface area (Å²) in [5, 5.41) is 12.4. The van der Waals surface area contributed by atoms with E-state index in [1.165, 1.54) is 0 Å². The summed E-state index contributed by atoms with van der Waals surface area (Å²) in [6.07, 6.45) is 2.01. The molecular weight excluding hydrogens is 118 g/mol. The van der Waals surface area contributed by atoms with Crippen molar-refractivity contribution in [3.05, 3.63) is 0 Å². The van der Waals surface area contributed by atoms with Crippen molar-refractivity contribution < 1.29 is 9.90 Å². The summed E-state index contributed by atoms with van der Waals surface area (Å²) in [5.74, 6) is 0.294. The maximum atomic E-state index is 10.7. The van der Waals surface area contributed by atoms with Gasteiger partial charge in [-0.15, -0.1) is 0 Å². The second kappa shape index (κ2) is 2.82. The zero-order chi connectivity index (χ0) is 6.69. The van der Waals surface area contributed by atoms with Crippen LogP contribution < -0.4 is 5.32 Å². The van der Waals surface area contributed by atoms with Gasteiger partial charge in [-0.25, -0.2) is 5.11 Å². The van der Waals surface area contributed by atoms with Crippen molar-refractivity contribution in [3.8, 4) is 0 Å². The summed E-state index contributed by atoms with van der Waals surface area (Å²) in [7, 11) is 0. The van der Waals surface area contributed by atoms with E-state index < -0.39 is 0 Å². The van der Waals surface area contributed by atoms with Gasteiger partial charge in [-0.3, -0.25) is 4.79 Å². The van der Waals surface area contributed by atoms with E-state index in [4.69, 9.17) is 0 Å². The molecule has 1 rings (SSSR count). The zero-order valence-electron chi connectivity index (χ0n) is 5.22. The fraction of sp³-hybridized carbons (Fsp3) is 0.833. The second-order valence-corrected chi connectivity index (χ2v) is 2.27. The second-order valence-electron chi connectivity index (χ2n) is 2.27. The molecule has 0 saturated heterocycles. The molecule has 0 aliphatic heterocycles. The van der Waals surface area contributed by atoms with Crippen molar-refractivity contribution in [2.75, 3.05) is 13.2 Å². The Bertz CT molecular complexity index is 110. The van der Waals surface area contributed by atoms with Gasteiger partial charge in [0.1, 0.15) is 0 Å². The van der Waals surface area contributed by atoms with Crippen LogP contribution in [0, 0.1) is 5.92 Å². The summed E-state index contributed by atoms with van der Waals surface area (Å²) in [6, 6.07) is 0. The topological polar surface area (TPSA) is 49.0 Å². The van der Waals surface area contributed by atoms with Gasteiger partial charge in [0, 0.05) is 12.5 Å². The highest BCUT2D eigenvalue weighted by molar-refractivity contribution is 5.80. The minimum Gasteiger partial charge on any atom is -0.353 e. The lowest BCUT2D eigenvalue weighted by Crippen LogP contribution is -2.27. The normalized spacial score (nSPS) is 17.4. The SMILES string of the molecule is [O]CCNC(=O)C1CC1. The fourth-order valence-corrected chi connectivity index (χ4v) is 0.664. The van der Waals surface area contributed by atoms with E-state index >= 15 is 0 Å². The third-order valence-corrected chi connectivity index (χ3v) is 1.35. The summed E-state index contributed by atoms with van der Waals surface area (Å²) >= 11 is 0. The fourth-order valence-electron chi connectivity index (χ4n) is 0.664. The molecule has 1 amide bonds. The highest BCUT2D eigenvalue weighted by Gasteiger charge is 2.28. The van der Waals surface area contributed by atoms with Crippen molar-refractivity contribution in [3.63, 3.8) is 0 Å². The van der Waals surface area contributed by atoms with Crippen LogP contribution in [0.5, 0.6) is 0 Å². The summed E-state index contributed by atoms with van der Waals surface area (Å²) in [5.41, 5.74) is 0. The first-order valence-corrected chi connectivity index (χ1v) is 3.20. The Hall–Kier alpha value is -0.570. The Morgan fingerprint density at radius 2 is 2.22 bits per heavy atom. The van der Waals surface area contributed by atoms with Crippen LogP contribution >= 0.6 is 0 Å². The highest BCUT2D eigenvalue weighted by Crippen LogP contribution is 2.28. The third kappa shape index (κ3) is 2.01. The molecule has 1 aliphatic rings. The van der Waals surface area contributed by atoms with Gasteiger partial charge in [0.05, 0.1) is 6.61 Å². The van der Waals surface area contributed by atoms with Crippen molar-refractivity contribution >= 4 is 5.91 Å². The van der Waals surface area contributed by atoms with Crippen LogP contribution in [0.1, 0.15) is 12.8 Å². The van der Waals surface area contributed by atoms with Gasteiger partial charge < -0.3 is 5.32 Å². The predicted octanol–water partition coefficient (Wildman–Crippen LogP) is -0.0569. The van der Waals surface area contributed by atoms with E-state index in [-0.39, 0.29) is 25.0 Å². The van der Waals surface area contributed by atoms with Gasteiger partial charge in [0.15, 0.2) is 0 Å². The molecule has 1 aliphatic carbocycles. The van der Waals surface area contributed by atoms with Crippen molar-refractivity contribution in [1.82, 2.24) is 5.32 Å². The van der Waals surface area contributed by atoms with E-state index in [0.29, 0.717) is 0 Å². The number of nitrogens with one attached hydrogen (secondary N) is 1. The van der Waals surface area contributed by atoms with E-state index in [9.17, 15) is 9.90 Å². The Morgan fingerprint density at radius 3 is 2.67 bits per heavy atom. The Labute approximate surface area is 54.1 Å². The monoisotopic (exact) mass is 128 g/mol. The molecule has 1 N–H and O–H groups in total. The molecular formula is C6H10NO2. The van der Waals surface area contributed by atoms with Crippen molar-refractivity contribution in [2.45, 2.75) is 12.8 Å². The average molecular weight is 128 g/mol. The van der Waals surface area contributed by atoms with Crippen LogP contribution in [0.2, 0.25) is 0 Å². The smallest absolute Gasteiger partial charge is 0.223 e.